The average molecular weight is 240 g/mol. The van der Waals surface area contributed by atoms with Crippen molar-refractivity contribution >= 4 is 5.69 Å². The zero-order valence-electron chi connectivity index (χ0n) is 9.93. The van der Waals surface area contributed by atoms with Crippen LogP contribution in [0.1, 0.15) is 6.92 Å². The van der Waals surface area contributed by atoms with Crippen LogP contribution in [-0.4, -0.2) is 31.7 Å². The quantitative estimate of drug-likeness (QED) is 0.445. The van der Waals surface area contributed by atoms with Crippen LogP contribution in [-0.2, 0) is 0 Å². The minimum atomic E-state index is -0.485. The van der Waals surface area contributed by atoms with Crippen molar-refractivity contribution in [3.05, 3.63) is 28.3 Å². The molecule has 0 aromatic heterocycles. The van der Waals surface area contributed by atoms with Gasteiger partial charge in [0.1, 0.15) is 12.4 Å². The summed E-state index contributed by atoms with van der Waals surface area (Å²) in [4.78, 5) is 10.2. The number of ether oxygens (including phenoxy) is 2. The van der Waals surface area contributed by atoms with E-state index >= 15 is 0 Å². The molecule has 0 spiro atoms. The summed E-state index contributed by atoms with van der Waals surface area (Å²) in [5.74, 6) is 0.765. The normalized spacial score (nSPS) is 10.0. The molecule has 1 aromatic carbocycles. The van der Waals surface area contributed by atoms with E-state index in [0.29, 0.717) is 12.4 Å². The van der Waals surface area contributed by atoms with E-state index in [-0.39, 0.29) is 11.4 Å². The molecule has 0 fully saturated rings. The van der Waals surface area contributed by atoms with Gasteiger partial charge in [-0.15, -0.1) is 0 Å². The molecule has 1 N–H and O–H groups in total. The summed E-state index contributed by atoms with van der Waals surface area (Å²) >= 11 is 0. The number of nitrogens with zero attached hydrogens (tertiary/aromatic N) is 1. The molecule has 0 bridgehead atoms. The fraction of sp³-hybridized carbons (Fsp3) is 0.455. The Labute approximate surface area is 99.7 Å². The number of nitro groups is 1. The molecule has 0 aliphatic heterocycles. The van der Waals surface area contributed by atoms with Crippen LogP contribution in [0.4, 0.5) is 5.69 Å². The summed E-state index contributed by atoms with van der Waals surface area (Å²) in [6.07, 6.45) is 0. The first-order valence-corrected chi connectivity index (χ1v) is 5.35. The zero-order valence-corrected chi connectivity index (χ0v) is 9.93. The minimum absolute atomic E-state index is 0.0634. The summed E-state index contributed by atoms with van der Waals surface area (Å²) in [5.41, 5.74) is -0.0634. The minimum Gasteiger partial charge on any atom is -0.492 e. The third-order valence-corrected chi connectivity index (χ3v) is 2.15. The van der Waals surface area contributed by atoms with Crippen LogP contribution in [0.5, 0.6) is 11.5 Å². The van der Waals surface area contributed by atoms with Crippen molar-refractivity contribution in [3.8, 4) is 11.5 Å². The predicted molar refractivity (Wildman–Crippen MR) is 63.7 cm³/mol. The summed E-state index contributed by atoms with van der Waals surface area (Å²) in [6, 6.07) is 4.46. The Kier molecular flexibility index (Phi) is 5.22. The highest BCUT2D eigenvalue weighted by atomic mass is 16.6. The Hall–Kier alpha value is -1.82. The van der Waals surface area contributed by atoms with E-state index in [2.05, 4.69) is 5.32 Å². The molecule has 0 saturated carbocycles. The molecule has 17 heavy (non-hydrogen) atoms. The van der Waals surface area contributed by atoms with E-state index in [1.165, 1.54) is 19.2 Å². The molecule has 0 amide bonds. The van der Waals surface area contributed by atoms with E-state index in [1.807, 2.05) is 6.92 Å². The lowest BCUT2D eigenvalue weighted by atomic mass is 10.3. The van der Waals surface area contributed by atoms with E-state index in [0.717, 1.165) is 13.1 Å². The van der Waals surface area contributed by atoms with Gasteiger partial charge < -0.3 is 14.8 Å². The van der Waals surface area contributed by atoms with E-state index in [4.69, 9.17) is 9.47 Å². The fourth-order valence-electron chi connectivity index (χ4n) is 1.32. The standard InChI is InChI=1S/C11H16N2O4/c1-3-12-6-7-17-9-4-5-10(13(14)15)11(8-9)16-2/h4-5,8,12H,3,6-7H2,1-2H3. The Balaban J connectivity index is 2.66. The molecule has 0 aliphatic rings. The van der Waals surface area contributed by atoms with Crippen LogP contribution >= 0.6 is 0 Å². The molecule has 0 saturated heterocycles. The Morgan fingerprint density at radius 3 is 2.82 bits per heavy atom. The van der Waals surface area contributed by atoms with Crippen molar-refractivity contribution in [2.24, 2.45) is 0 Å². The molecule has 0 radical (unpaired) electrons. The summed E-state index contributed by atoms with van der Waals surface area (Å²) < 4.78 is 10.4. The number of hydrogen-bond acceptors (Lipinski definition) is 5. The van der Waals surface area contributed by atoms with Gasteiger partial charge in [-0.3, -0.25) is 10.1 Å². The summed E-state index contributed by atoms with van der Waals surface area (Å²) in [7, 11) is 1.39. The van der Waals surface area contributed by atoms with Crippen molar-refractivity contribution in [2.75, 3.05) is 26.8 Å². The number of nitrogens with one attached hydrogen (secondary N) is 1. The van der Waals surface area contributed by atoms with Gasteiger partial charge in [-0.1, -0.05) is 6.92 Å². The predicted octanol–water partition coefficient (Wildman–Crippen LogP) is 1.59. The molecule has 94 valence electrons. The fourth-order valence-corrected chi connectivity index (χ4v) is 1.32. The van der Waals surface area contributed by atoms with Crippen molar-refractivity contribution < 1.29 is 14.4 Å². The smallest absolute Gasteiger partial charge is 0.311 e. The van der Waals surface area contributed by atoms with Gasteiger partial charge in [-0.2, -0.15) is 0 Å². The second kappa shape index (κ2) is 6.70. The molecule has 0 heterocycles. The summed E-state index contributed by atoms with van der Waals surface area (Å²) in [6.45, 7) is 4.13. The number of likely N-dealkylation sites (N-methyl/N-ethyl adjacent to an activating group) is 1. The van der Waals surface area contributed by atoms with E-state index < -0.39 is 4.92 Å². The van der Waals surface area contributed by atoms with Gasteiger partial charge in [-0.05, 0) is 12.6 Å². The lowest BCUT2D eigenvalue weighted by Gasteiger charge is -2.08. The lowest BCUT2D eigenvalue weighted by Crippen LogP contribution is -2.20. The Morgan fingerprint density at radius 1 is 1.47 bits per heavy atom. The highest BCUT2D eigenvalue weighted by Crippen LogP contribution is 2.30. The molecule has 6 nitrogen and oxygen atoms in total. The first kappa shape index (κ1) is 13.2. The van der Waals surface area contributed by atoms with Crippen LogP contribution in [0, 0.1) is 10.1 Å². The van der Waals surface area contributed by atoms with Gasteiger partial charge in [0.2, 0.25) is 5.75 Å². The molecule has 1 rings (SSSR count). The van der Waals surface area contributed by atoms with Gasteiger partial charge in [0, 0.05) is 18.7 Å². The van der Waals surface area contributed by atoms with Gasteiger partial charge >= 0.3 is 5.69 Å². The van der Waals surface area contributed by atoms with Crippen molar-refractivity contribution in [1.29, 1.82) is 0 Å². The molecule has 0 unspecified atom stereocenters. The number of methoxy groups -OCH3 is 1. The highest BCUT2D eigenvalue weighted by Gasteiger charge is 2.14. The van der Waals surface area contributed by atoms with Crippen LogP contribution in [0.3, 0.4) is 0 Å². The monoisotopic (exact) mass is 240 g/mol. The maximum Gasteiger partial charge on any atom is 0.311 e. The van der Waals surface area contributed by atoms with Gasteiger partial charge in [0.05, 0.1) is 12.0 Å². The number of benzene rings is 1. The van der Waals surface area contributed by atoms with Gasteiger partial charge in [0.25, 0.3) is 0 Å². The maximum atomic E-state index is 10.7. The van der Waals surface area contributed by atoms with Crippen molar-refractivity contribution in [2.45, 2.75) is 6.92 Å². The SMILES string of the molecule is CCNCCOc1ccc([N+](=O)[O-])c(OC)c1. The van der Waals surface area contributed by atoms with Crippen molar-refractivity contribution in [3.63, 3.8) is 0 Å². The molecular formula is C11H16N2O4. The van der Waals surface area contributed by atoms with Crippen LogP contribution in [0.15, 0.2) is 18.2 Å². The second-order valence-electron chi connectivity index (χ2n) is 3.29. The van der Waals surface area contributed by atoms with Gasteiger partial charge in [-0.25, -0.2) is 0 Å². The van der Waals surface area contributed by atoms with Crippen LogP contribution in [0.2, 0.25) is 0 Å². The lowest BCUT2D eigenvalue weighted by molar-refractivity contribution is -0.385. The van der Waals surface area contributed by atoms with Crippen LogP contribution < -0.4 is 14.8 Å². The third kappa shape index (κ3) is 3.92. The second-order valence-corrected chi connectivity index (χ2v) is 3.29. The van der Waals surface area contributed by atoms with Crippen molar-refractivity contribution in [1.82, 2.24) is 5.32 Å². The summed E-state index contributed by atoms with van der Waals surface area (Å²) in [5, 5.41) is 13.8. The Bertz CT molecular complexity index is 382. The van der Waals surface area contributed by atoms with E-state index in [1.54, 1.807) is 6.07 Å². The Morgan fingerprint density at radius 2 is 2.24 bits per heavy atom. The molecule has 6 heteroatoms. The topological polar surface area (TPSA) is 73.6 Å². The number of rotatable bonds is 7. The zero-order chi connectivity index (χ0) is 12.7. The largest absolute Gasteiger partial charge is 0.492 e. The molecule has 1 aromatic rings. The number of nitro benzene ring substituents is 1. The number of hydrogen-bond donors (Lipinski definition) is 1. The molecule has 0 atom stereocenters. The first-order chi connectivity index (χ1) is 8.19. The first-order valence-electron chi connectivity index (χ1n) is 5.35. The van der Waals surface area contributed by atoms with Crippen LogP contribution in [0.25, 0.3) is 0 Å². The van der Waals surface area contributed by atoms with Gasteiger partial charge in [0.15, 0.2) is 0 Å². The maximum absolute atomic E-state index is 10.7. The third-order valence-electron chi connectivity index (χ3n) is 2.15. The molecular weight excluding hydrogens is 224 g/mol. The van der Waals surface area contributed by atoms with E-state index in [9.17, 15) is 10.1 Å². The molecule has 0 aliphatic carbocycles. The average Bonchev–Trinajstić information content (AvgIpc) is 2.34. The highest BCUT2D eigenvalue weighted by molar-refractivity contribution is 5.50.